The molecule has 2 aromatic rings. The van der Waals surface area contributed by atoms with Crippen LogP contribution in [0.3, 0.4) is 0 Å². The van der Waals surface area contributed by atoms with E-state index in [1.807, 2.05) is 34.9 Å². The van der Waals surface area contributed by atoms with E-state index in [-0.39, 0.29) is 0 Å². The minimum Gasteiger partial charge on any atom is -0.357 e. The molecule has 1 aromatic carbocycles. The molecule has 1 saturated heterocycles. The summed E-state index contributed by atoms with van der Waals surface area (Å²) in [7, 11) is 0. The van der Waals surface area contributed by atoms with Gasteiger partial charge in [0.25, 0.3) is 0 Å². The molecule has 0 spiro atoms. The molecular weight excluding hydrogens is 326 g/mol. The molecule has 1 unspecified atom stereocenters. The van der Waals surface area contributed by atoms with E-state index in [2.05, 4.69) is 39.6 Å². The molecule has 7 heteroatoms. The summed E-state index contributed by atoms with van der Waals surface area (Å²) in [5.41, 5.74) is 1.05. The van der Waals surface area contributed by atoms with Crippen LogP contribution in [0.2, 0.25) is 0 Å². The first-order valence-electron chi connectivity index (χ1n) is 9.52. The number of nitrogens with one attached hydrogen (secondary N) is 2. The zero-order valence-electron chi connectivity index (χ0n) is 15.7. The van der Waals surface area contributed by atoms with Gasteiger partial charge in [-0.3, -0.25) is 9.47 Å². The first-order chi connectivity index (χ1) is 12.8. The first-order valence-corrected chi connectivity index (χ1v) is 9.52. The molecule has 0 bridgehead atoms. The number of benzene rings is 1. The Morgan fingerprint density at radius 2 is 2.08 bits per heavy atom. The average Bonchev–Trinajstić information content (AvgIpc) is 3.33. The largest absolute Gasteiger partial charge is 0.357 e. The highest BCUT2D eigenvalue weighted by Gasteiger charge is 2.22. The standard InChI is InChI=1S/C19H29N7/c1-3-20-19(21-13-17-11-8-12-25(17)4-2)22-14-18-24-23-15-26(18)16-9-6-5-7-10-16/h5-7,9-10,15,17H,3-4,8,11-14H2,1-2H3,(H2,20,21,22). The van der Waals surface area contributed by atoms with Crippen LogP contribution in [-0.2, 0) is 6.54 Å². The average molecular weight is 355 g/mol. The third-order valence-electron chi connectivity index (χ3n) is 4.79. The van der Waals surface area contributed by atoms with Crippen molar-refractivity contribution in [2.75, 3.05) is 26.2 Å². The van der Waals surface area contributed by atoms with E-state index in [0.717, 1.165) is 37.1 Å². The molecule has 26 heavy (non-hydrogen) atoms. The lowest BCUT2D eigenvalue weighted by atomic mass is 10.2. The molecule has 1 fully saturated rings. The molecule has 140 valence electrons. The van der Waals surface area contributed by atoms with Crippen molar-refractivity contribution in [2.24, 2.45) is 4.99 Å². The van der Waals surface area contributed by atoms with Crippen molar-refractivity contribution in [1.29, 1.82) is 0 Å². The molecule has 3 rings (SSSR count). The Hall–Kier alpha value is -2.41. The SMILES string of the molecule is CCNC(=NCc1nncn1-c1ccccc1)NCC1CCCN1CC. The molecule has 0 saturated carbocycles. The van der Waals surface area contributed by atoms with E-state index in [4.69, 9.17) is 4.99 Å². The number of para-hydroxylation sites is 1. The topological polar surface area (TPSA) is 70.4 Å². The van der Waals surface area contributed by atoms with Crippen LogP contribution < -0.4 is 10.6 Å². The highest BCUT2D eigenvalue weighted by atomic mass is 15.3. The van der Waals surface area contributed by atoms with Gasteiger partial charge in [0.2, 0.25) is 0 Å². The van der Waals surface area contributed by atoms with Gasteiger partial charge < -0.3 is 10.6 Å². The normalized spacial score (nSPS) is 18.2. The van der Waals surface area contributed by atoms with Crippen LogP contribution in [0.15, 0.2) is 41.7 Å². The predicted octanol–water partition coefficient (Wildman–Crippen LogP) is 1.81. The van der Waals surface area contributed by atoms with E-state index in [9.17, 15) is 0 Å². The Kier molecular flexibility index (Phi) is 6.60. The van der Waals surface area contributed by atoms with Crippen LogP contribution in [0.1, 0.15) is 32.5 Å². The molecule has 2 heterocycles. The Balaban J connectivity index is 1.64. The van der Waals surface area contributed by atoms with Gasteiger partial charge in [0.15, 0.2) is 11.8 Å². The molecule has 1 aliphatic rings. The Labute approximate surface area is 155 Å². The number of likely N-dealkylation sites (tertiary alicyclic amines) is 1. The molecule has 7 nitrogen and oxygen atoms in total. The minimum absolute atomic E-state index is 0.479. The molecule has 1 aromatic heterocycles. The van der Waals surface area contributed by atoms with Gasteiger partial charge in [0.05, 0.1) is 0 Å². The zero-order chi connectivity index (χ0) is 18.2. The summed E-state index contributed by atoms with van der Waals surface area (Å²) in [5.74, 6) is 1.66. The molecule has 1 atom stereocenters. The van der Waals surface area contributed by atoms with Gasteiger partial charge in [-0.2, -0.15) is 0 Å². The van der Waals surface area contributed by atoms with Gasteiger partial charge >= 0.3 is 0 Å². The van der Waals surface area contributed by atoms with Gasteiger partial charge in [-0.05, 0) is 45.0 Å². The second kappa shape index (κ2) is 9.33. The maximum atomic E-state index is 4.71. The van der Waals surface area contributed by atoms with Gasteiger partial charge in [-0.25, -0.2) is 4.99 Å². The number of hydrogen-bond acceptors (Lipinski definition) is 4. The minimum atomic E-state index is 0.479. The van der Waals surface area contributed by atoms with Crippen LogP contribution in [0.25, 0.3) is 5.69 Å². The molecular formula is C19H29N7. The first kappa shape index (κ1) is 18.4. The predicted molar refractivity (Wildman–Crippen MR) is 104 cm³/mol. The van der Waals surface area contributed by atoms with E-state index in [0.29, 0.717) is 12.6 Å². The van der Waals surface area contributed by atoms with E-state index < -0.39 is 0 Å². The van der Waals surface area contributed by atoms with E-state index in [1.54, 1.807) is 6.33 Å². The second-order valence-corrected chi connectivity index (χ2v) is 6.45. The maximum Gasteiger partial charge on any atom is 0.191 e. The number of nitrogens with zero attached hydrogens (tertiary/aromatic N) is 5. The fourth-order valence-corrected chi connectivity index (χ4v) is 3.42. The number of likely N-dealkylation sites (N-methyl/N-ethyl adjacent to an activating group) is 1. The Bertz CT molecular complexity index is 695. The molecule has 0 radical (unpaired) electrons. The van der Waals surface area contributed by atoms with Gasteiger partial charge in [-0.15, -0.1) is 10.2 Å². The molecule has 2 N–H and O–H groups in total. The fraction of sp³-hybridized carbons (Fsp3) is 0.526. The molecule has 1 aliphatic heterocycles. The van der Waals surface area contributed by atoms with Gasteiger partial charge in [0.1, 0.15) is 12.9 Å². The Morgan fingerprint density at radius 1 is 1.23 bits per heavy atom. The monoisotopic (exact) mass is 355 g/mol. The van der Waals surface area contributed by atoms with Crippen molar-refractivity contribution in [3.05, 3.63) is 42.5 Å². The van der Waals surface area contributed by atoms with Gasteiger partial charge in [-0.1, -0.05) is 25.1 Å². The van der Waals surface area contributed by atoms with Crippen molar-refractivity contribution in [3.8, 4) is 5.69 Å². The number of guanidine groups is 1. The summed E-state index contributed by atoms with van der Waals surface area (Å²) in [6.07, 6.45) is 4.27. The summed E-state index contributed by atoms with van der Waals surface area (Å²) < 4.78 is 1.98. The van der Waals surface area contributed by atoms with Crippen LogP contribution in [0.5, 0.6) is 0 Å². The van der Waals surface area contributed by atoms with Crippen LogP contribution in [0.4, 0.5) is 0 Å². The highest BCUT2D eigenvalue weighted by molar-refractivity contribution is 5.79. The molecule has 0 aliphatic carbocycles. The summed E-state index contributed by atoms with van der Waals surface area (Å²) >= 11 is 0. The number of aromatic nitrogens is 3. The lowest BCUT2D eigenvalue weighted by Crippen LogP contribution is -2.44. The number of aliphatic imine (C=N–C) groups is 1. The maximum absolute atomic E-state index is 4.71. The van der Waals surface area contributed by atoms with Crippen molar-refractivity contribution in [2.45, 2.75) is 39.3 Å². The lowest BCUT2D eigenvalue weighted by Gasteiger charge is -2.23. The summed E-state index contributed by atoms with van der Waals surface area (Å²) in [6.45, 7) is 8.86. The third kappa shape index (κ3) is 4.60. The van der Waals surface area contributed by atoms with Crippen molar-refractivity contribution in [1.82, 2.24) is 30.3 Å². The zero-order valence-corrected chi connectivity index (χ0v) is 15.7. The Morgan fingerprint density at radius 3 is 2.85 bits per heavy atom. The van der Waals surface area contributed by atoms with Crippen LogP contribution in [0, 0.1) is 0 Å². The third-order valence-corrected chi connectivity index (χ3v) is 4.79. The van der Waals surface area contributed by atoms with E-state index in [1.165, 1.54) is 19.4 Å². The van der Waals surface area contributed by atoms with Crippen molar-refractivity contribution in [3.63, 3.8) is 0 Å². The fourth-order valence-electron chi connectivity index (χ4n) is 3.42. The lowest BCUT2D eigenvalue weighted by molar-refractivity contribution is 0.267. The second-order valence-electron chi connectivity index (χ2n) is 6.45. The van der Waals surface area contributed by atoms with Crippen LogP contribution >= 0.6 is 0 Å². The summed E-state index contributed by atoms with van der Waals surface area (Å²) in [4.78, 5) is 7.24. The summed E-state index contributed by atoms with van der Waals surface area (Å²) in [5, 5.41) is 15.1. The molecule has 0 amide bonds. The van der Waals surface area contributed by atoms with Crippen molar-refractivity contribution >= 4 is 5.96 Å². The quantitative estimate of drug-likeness (QED) is 0.585. The number of hydrogen-bond donors (Lipinski definition) is 2. The number of rotatable bonds is 7. The summed E-state index contributed by atoms with van der Waals surface area (Å²) in [6, 6.07) is 10.7. The van der Waals surface area contributed by atoms with Crippen molar-refractivity contribution < 1.29 is 0 Å². The van der Waals surface area contributed by atoms with E-state index >= 15 is 0 Å². The highest BCUT2D eigenvalue weighted by Crippen LogP contribution is 2.15. The van der Waals surface area contributed by atoms with Gasteiger partial charge in [0, 0.05) is 24.8 Å². The van der Waals surface area contributed by atoms with Crippen LogP contribution in [-0.4, -0.2) is 57.8 Å². The smallest absolute Gasteiger partial charge is 0.191 e.